The van der Waals surface area contributed by atoms with Gasteiger partial charge in [-0.3, -0.25) is 9.10 Å². The predicted octanol–water partition coefficient (Wildman–Crippen LogP) is 4.17. The highest BCUT2D eigenvalue weighted by Gasteiger charge is 2.30. The van der Waals surface area contributed by atoms with Crippen molar-refractivity contribution in [3.8, 4) is 0 Å². The van der Waals surface area contributed by atoms with Gasteiger partial charge in [0.1, 0.15) is 0 Å². The van der Waals surface area contributed by atoms with Crippen molar-refractivity contribution in [2.75, 3.05) is 23.7 Å². The van der Waals surface area contributed by atoms with E-state index in [0.29, 0.717) is 6.54 Å². The fourth-order valence-electron chi connectivity index (χ4n) is 2.94. The first-order valence-corrected chi connectivity index (χ1v) is 11.3. The molecule has 1 unspecified atom stereocenters. The Morgan fingerprint density at radius 2 is 1.67 bits per heavy atom. The molecule has 2 aromatic carbocycles. The van der Waals surface area contributed by atoms with Crippen molar-refractivity contribution in [3.63, 3.8) is 0 Å². The Morgan fingerprint density at radius 1 is 1.07 bits per heavy atom. The van der Waals surface area contributed by atoms with Gasteiger partial charge in [-0.15, -0.1) is 0 Å². The third-order valence-electron chi connectivity index (χ3n) is 4.62. The number of alkyl halides is 3. The Bertz CT molecular complexity index is 930. The maximum absolute atomic E-state index is 12.7. The van der Waals surface area contributed by atoms with Crippen molar-refractivity contribution < 1.29 is 26.4 Å². The van der Waals surface area contributed by atoms with E-state index in [2.05, 4.69) is 5.32 Å². The van der Waals surface area contributed by atoms with Gasteiger partial charge in [0.05, 0.1) is 17.5 Å². The van der Waals surface area contributed by atoms with Crippen LogP contribution in [0.1, 0.15) is 36.8 Å². The quantitative estimate of drug-likeness (QED) is 0.634. The van der Waals surface area contributed by atoms with E-state index in [1.807, 2.05) is 37.3 Å². The van der Waals surface area contributed by atoms with Crippen LogP contribution in [0, 0.1) is 0 Å². The molecule has 1 atom stereocenters. The number of carbonyl (C=O) groups is 1. The van der Waals surface area contributed by atoms with Crippen molar-refractivity contribution in [3.05, 3.63) is 65.7 Å². The Kier molecular flexibility index (Phi) is 7.89. The molecule has 0 aromatic heterocycles. The van der Waals surface area contributed by atoms with E-state index >= 15 is 0 Å². The number of nitrogens with one attached hydrogen (secondary N) is 1. The Morgan fingerprint density at radius 3 is 2.20 bits per heavy atom. The molecule has 0 aliphatic rings. The molecule has 0 heterocycles. The number of amides is 1. The lowest BCUT2D eigenvalue weighted by molar-refractivity contribution is -0.137. The largest absolute Gasteiger partial charge is 0.416 e. The van der Waals surface area contributed by atoms with E-state index in [1.54, 1.807) is 0 Å². The van der Waals surface area contributed by atoms with E-state index in [9.17, 15) is 26.4 Å². The highest BCUT2D eigenvalue weighted by atomic mass is 32.2. The summed E-state index contributed by atoms with van der Waals surface area (Å²) in [5.74, 6) is -0.0755. The number of halogens is 3. The minimum Gasteiger partial charge on any atom is -0.356 e. The lowest BCUT2D eigenvalue weighted by Gasteiger charge is -2.23. The van der Waals surface area contributed by atoms with Crippen molar-refractivity contribution >= 4 is 21.6 Å². The molecule has 0 spiro atoms. The molecule has 1 N–H and O–H groups in total. The number of anilines is 1. The molecule has 0 bridgehead atoms. The maximum Gasteiger partial charge on any atom is 0.416 e. The summed E-state index contributed by atoms with van der Waals surface area (Å²) in [4.78, 5) is 12.1. The highest BCUT2D eigenvalue weighted by molar-refractivity contribution is 7.92. The maximum atomic E-state index is 12.7. The number of sulfonamides is 1. The van der Waals surface area contributed by atoms with Crippen LogP contribution in [0.4, 0.5) is 18.9 Å². The van der Waals surface area contributed by atoms with Crippen LogP contribution < -0.4 is 9.62 Å². The van der Waals surface area contributed by atoms with Crippen LogP contribution in [0.3, 0.4) is 0 Å². The van der Waals surface area contributed by atoms with Gasteiger partial charge in [-0.05, 0) is 42.2 Å². The van der Waals surface area contributed by atoms with Gasteiger partial charge in [-0.1, -0.05) is 37.3 Å². The topological polar surface area (TPSA) is 66.5 Å². The molecule has 2 rings (SSSR count). The van der Waals surface area contributed by atoms with Gasteiger partial charge in [-0.25, -0.2) is 8.42 Å². The van der Waals surface area contributed by atoms with Crippen molar-refractivity contribution in [1.82, 2.24) is 5.32 Å². The standard InChI is InChI=1S/C21H25F3N2O3S/c1-16(17-7-4-3-5-8-17)15-25-20(27)9-6-14-26(30(2,28)29)19-12-10-18(11-13-19)21(22,23)24/h3-5,7-8,10-13,16H,6,9,14-15H2,1-2H3,(H,25,27). The Labute approximate surface area is 175 Å². The minimum absolute atomic E-state index is 0.00808. The fourth-order valence-corrected chi connectivity index (χ4v) is 3.91. The first-order valence-electron chi connectivity index (χ1n) is 9.45. The zero-order valence-corrected chi connectivity index (χ0v) is 17.6. The van der Waals surface area contributed by atoms with Crippen LogP contribution in [-0.2, 0) is 21.0 Å². The van der Waals surface area contributed by atoms with E-state index in [-0.39, 0.29) is 36.9 Å². The first kappa shape index (κ1) is 23.7. The molecule has 2 aromatic rings. The first-order chi connectivity index (χ1) is 14.0. The monoisotopic (exact) mass is 442 g/mol. The van der Waals surface area contributed by atoms with Gasteiger partial charge < -0.3 is 5.32 Å². The number of hydrogen-bond acceptors (Lipinski definition) is 3. The third-order valence-corrected chi connectivity index (χ3v) is 5.82. The molecule has 164 valence electrons. The smallest absolute Gasteiger partial charge is 0.356 e. The molecule has 30 heavy (non-hydrogen) atoms. The number of carbonyl (C=O) groups excluding carboxylic acids is 1. The van der Waals surface area contributed by atoms with Crippen molar-refractivity contribution in [2.24, 2.45) is 0 Å². The molecule has 0 saturated heterocycles. The molecule has 0 aliphatic carbocycles. The summed E-state index contributed by atoms with van der Waals surface area (Å²) in [6.45, 7) is 2.44. The van der Waals surface area contributed by atoms with Gasteiger partial charge >= 0.3 is 6.18 Å². The molecular formula is C21H25F3N2O3S. The number of benzene rings is 2. The van der Waals surface area contributed by atoms with Crippen LogP contribution in [0.2, 0.25) is 0 Å². The number of rotatable bonds is 9. The van der Waals surface area contributed by atoms with Crippen molar-refractivity contribution in [2.45, 2.75) is 31.9 Å². The van der Waals surface area contributed by atoms with Gasteiger partial charge in [0.15, 0.2) is 0 Å². The second kappa shape index (κ2) is 9.97. The minimum atomic E-state index is -4.50. The summed E-state index contributed by atoms with van der Waals surface area (Å²) in [6, 6.07) is 13.6. The summed E-state index contributed by atoms with van der Waals surface area (Å²) in [7, 11) is -3.71. The van der Waals surface area contributed by atoms with Gasteiger partial charge in [-0.2, -0.15) is 13.2 Å². The van der Waals surface area contributed by atoms with E-state index in [1.165, 1.54) is 0 Å². The highest BCUT2D eigenvalue weighted by Crippen LogP contribution is 2.31. The molecular weight excluding hydrogens is 417 g/mol. The fraction of sp³-hybridized carbons (Fsp3) is 0.381. The molecule has 9 heteroatoms. The second-order valence-electron chi connectivity index (χ2n) is 7.10. The number of nitrogens with zero attached hydrogens (tertiary/aromatic N) is 1. The normalized spacial score (nSPS) is 13.0. The second-order valence-corrected chi connectivity index (χ2v) is 9.01. The Hall–Kier alpha value is -2.55. The summed E-state index contributed by atoms with van der Waals surface area (Å²) >= 11 is 0. The van der Waals surface area contributed by atoms with Crippen LogP contribution in [0.15, 0.2) is 54.6 Å². The van der Waals surface area contributed by atoms with E-state index < -0.39 is 21.8 Å². The van der Waals surface area contributed by atoms with Crippen LogP contribution >= 0.6 is 0 Å². The zero-order chi connectivity index (χ0) is 22.4. The lowest BCUT2D eigenvalue weighted by atomic mass is 10.0. The van der Waals surface area contributed by atoms with Gasteiger partial charge in [0, 0.05) is 19.5 Å². The van der Waals surface area contributed by atoms with E-state index in [0.717, 1.165) is 40.4 Å². The zero-order valence-electron chi connectivity index (χ0n) is 16.8. The van der Waals surface area contributed by atoms with Gasteiger partial charge in [0.25, 0.3) is 0 Å². The Balaban J connectivity index is 1.90. The van der Waals surface area contributed by atoms with Crippen LogP contribution in [0.5, 0.6) is 0 Å². The van der Waals surface area contributed by atoms with Crippen LogP contribution in [0.25, 0.3) is 0 Å². The number of hydrogen-bond donors (Lipinski definition) is 1. The van der Waals surface area contributed by atoms with Crippen molar-refractivity contribution in [1.29, 1.82) is 0 Å². The molecule has 0 saturated carbocycles. The lowest BCUT2D eigenvalue weighted by Crippen LogP contribution is -2.32. The summed E-state index contributed by atoms with van der Waals surface area (Å²) in [5, 5.41) is 2.83. The van der Waals surface area contributed by atoms with Gasteiger partial charge in [0.2, 0.25) is 15.9 Å². The van der Waals surface area contributed by atoms with E-state index in [4.69, 9.17) is 0 Å². The summed E-state index contributed by atoms with van der Waals surface area (Å²) in [6.07, 6.45) is -3.18. The molecule has 0 radical (unpaired) electrons. The predicted molar refractivity (Wildman–Crippen MR) is 111 cm³/mol. The summed E-state index contributed by atoms with van der Waals surface area (Å²) < 4.78 is 63.3. The summed E-state index contributed by atoms with van der Waals surface area (Å²) in [5.41, 5.74) is 0.374. The molecule has 0 fully saturated rings. The SMILES string of the molecule is CC(CNC(=O)CCCN(c1ccc(C(F)(F)F)cc1)S(C)(=O)=O)c1ccccc1. The average Bonchev–Trinajstić information content (AvgIpc) is 2.68. The third kappa shape index (κ3) is 7.05. The van der Waals surface area contributed by atoms with Crippen LogP contribution in [-0.4, -0.2) is 33.7 Å². The average molecular weight is 443 g/mol. The molecule has 1 amide bonds. The molecule has 0 aliphatic heterocycles. The molecule has 5 nitrogen and oxygen atoms in total.